The predicted molar refractivity (Wildman–Crippen MR) is 37.8 cm³/mol. The average molecular weight is 162 g/mol. The highest BCUT2D eigenvalue weighted by Crippen LogP contribution is 2.26. The van der Waals surface area contributed by atoms with E-state index in [4.69, 9.17) is 9.84 Å². The molecule has 11 heavy (non-hydrogen) atoms. The van der Waals surface area contributed by atoms with Crippen LogP contribution in [0.25, 0.3) is 0 Å². The predicted octanol–water partition coefficient (Wildman–Crippen LogP) is -0.915. The SMILES string of the molecule is CC1CC(O)(CO)OCC1O. The van der Waals surface area contributed by atoms with Crippen molar-refractivity contribution in [2.45, 2.75) is 25.2 Å². The fourth-order valence-corrected chi connectivity index (χ4v) is 1.21. The van der Waals surface area contributed by atoms with Crippen molar-refractivity contribution in [2.24, 2.45) is 5.92 Å². The van der Waals surface area contributed by atoms with E-state index < -0.39 is 18.5 Å². The average Bonchev–Trinajstić information content (AvgIpc) is 1.98. The zero-order valence-electron chi connectivity index (χ0n) is 6.53. The van der Waals surface area contributed by atoms with Gasteiger partial charge in [-0.2, -0.15) is 0 Å². The molecule has 1 fully saturated rings. The van der Waals surface area contributed by atoms with Crippen molar-refractivity contribution in [2.75, 3.05) is 13.2 Å². The molecule has 4 heteroatoms. The molecule has 0 bridgehead atoms. The molecule has 3 unspecified atom stereocenters. The summed E-state index contributed by atoms with van der Waals surface area (Å²) >= 11 is 0. The van der Waals surface area contributed by atoms with E-state index in [0.29, 0.717) is 0 Å². The summed E-state index contributed by atoms with van der Waals surface area (Å²) in [6.45, 7) is 1.50. The van der Waals surface area contributed by atoms with Gasteiger partial charge in [-0.1, -0.05) is 6.92 Å². The first kappa shape index (κ1) is 8.93. The molecule has 0 aromatic rings. The Morgan fingerprint density at radius 2 is 2.27 bits per heavy atom. The summed E-state index contributed by atoms with van der Waals surface area (Å²) < 4.78 is 4.85. The van der Waals surface area contributed by atoms with Gasteiger partial charge in [0.1, 0.15) is 0 Å². The van der Waals surface area contributed by atoms with Crippen molar-refractivity contribution >= 4 is 0 Å². The largest absolute Gasteiger partial charge is 0.391 e. The van der Waals surface area contributed by atoms with Crippen LogP contribution in [0.2, 0.25) is 0 Å². The van der Waals surface area contributed by atoms with E-state index in [-0.39, 0.29) is 18.9 Å². The van der Waals surface area contributed by atoms with Crippen molar-refractivity contribution < 1.29 is 20.1 Å². The van der Waals surface area contributed by atoms with Crippen LogP contribution in [-0.2, 0) is 4.74 Å². The molecule has 0 amide bonds. The van der Waals surface area contributed by atoms with Gasteiger partial charge in [0.25, 0.3) is 0 Å². The molecule has 4 nitrogen and oxygen atoms in total. The minimum atomic E-state index is -1.43. The van der Waals surface area contributed by atoms with E-state index in [1.165, 1.54) is 0 Å². The van der Waals surface area contributed by atoms with Crippen LogP contribution in [0, 0.1) is 5.92 Å². The van der Waals surface area contributed by atoms with E-state index in [0.717, 1.165) is 0 Å². The Labute approximate surface area is 65.4 Å². The quantitative estimate of drug-likeness (QED) is 0.466. The monoisotopic (exact) mass is 162 g/mol. The molecule has 3 N–H and O–H groups in total. The number of hydrogen-bond acceptors (Lipinski definition) is 4. The lowest BCUT2D eigenvalue weighted by atomic mass is 9.93. The minimum Gasteiger partial charge on any atom is -0.391 e. The molecule has 3 atom stereocenters. The van der Waals surface area contributed by atoms with Crippen LogP contribution < -0.4 is 0 Å². The van der Waals surface area contributed by atoms with Crippen LogP contribution in [0.4, 0.5) is 0 Å². The highest BCUT2D eigenvalue weighted by Gasteiger charge is 2.37. The third kappa shape index (κ3) is 1.90. The molecule has 0 spiro atoms. The Hall–Kier alpha value is -0.160. The highest BCUT2D eigenvalue weighted by atomic mass is 16.6. The van der Waals surface area contributed by atoms with E-state index in [1.807, 2.05) is 6.92 Å². The molecule has 0 aliphatic carbocycles. The maximum absolute atomic E-state index is 9.38. The first-order valence-electron chi connectivity index (χ1n) is 3.73. The maximum Gasteiger partial charge on any atom is 0.189 e. The summed E-state index contributed by atoms with van der Waals surface area (Å²) in [6.07, 6.45) is -0.244. The highest BCUT2D eigenvalue weighted by molar-refractivity contribution is 4.79. The van der Waals surface area contributed by atoms with Crippen molar-refractivity contribution in [3.8, 4) is 0 Å². The van der Waals surface area contributed by atoms with Crippen LogP contribution in [0.3, 0.4) is 0 Å². The van der Waals surface area contributed by atoms with Crippen molar-refractivity contribution in [3.63, 3.8) is 0 Å². The molecule has 0 radical (unpaired) electrons. The van der Waals surface area contributed by atoms with Crippen LogP contribution in [0.1, 0.15) is 13.3 Å². The topological polar surface area (TPSA) is 69.9 Å². The van der Waals surface area contributed by atoms with Gasteiger partial charge in [-0.15, -0.1) is 0 Å². The smallest absolute Gasteiger partial charge is 0.189 e. The van der Waals surface area contributed by atoms with Crippen LogP contribution in [0.5, 0.6) is 0 Å². The molecule has 1 rings (SSSR count). The lowest BCUT2D eigenvalue weighted by Gasteiger charge is -2.36. The zero-order valence-corrected chi connectivity index (χ0v) is 6.53. The molecule has 1 aliphatic rings. The standard InChI is InChI=1S/C7H14O4/c1-5-2-7(10,4-8)11-3-6(5)9/h5-6,8-10H,2-4H2,1H3. The van der Waals surface area contributed by atoms with E-state index in [1.54, 1.807) is 0 Å². The fourth-order valence-electron chi connectivity index (χ4n) is 1.21. The molecular formula is C7H14O4. The van der Waals surface area contributed by atoms with Gasteiger partial charge < -0.3 is 20.1 Å². The molecule has 66 valence electrons. The van der Waals surface area contributed by atoms with Crippen LogP contribution >= 0.6 is 0 Å². The zero-order chi connectivity index (χ0) is 8.48. The summed E-state index contributed by atoms with van der Waals surface area (Å²) in [5, 5.41) is 27.3. The Morgan fingerprint density at radius 1 is 1.64 bits per heavy atom. The maximum atomic E-state index is 9.38. The van der Waals surface area contributed by atoms with E-state index >= 15 is 0 Å². The number of ether oxygens (including phenoxy) is 1. The Morgan fingerprint density at radius 3 is 2.73 bits per heavy atom. The summed E-state index contributed by atoms with van der Waals surface area (Å²) in [5.74, 6) is -1.46. The minimum absolute atomic E-state index is 0.0269. The number of rotatable bonds is 1. The molecule has 0 aromatic heterocycles. The normalized spacial score (nSPS) is 45.8. The van der Waals surface area contributed by atoms with E-state index in [9.17, 15) is 10.2 Å². The first-order chi connectivity index (χ1) is 5.07. The van der Waals surface area contributed by atoms with Gasteiger partial charge in [0.05, 0.1) is 19.3 Å². The van der Waals surface area contributed by atoms with Gasteiger partial charge in [0.2, 0.25) is 0 Å². The van der Waals surface area contributed by atoms with Gasteiger partial charge in [0.15, 0.2) is 5.79 Å². The van der Waals surface area contributed by atoms with Crippen molar-refractivity contribution in [1.29, 1.82) is 0 Å². The van der Waals surface area contributed by atoms with Crippen molar-refractivity contribution in [3.05, 3.63) is 0 Å². The molecule has 1 saturated heterocycles. The Kier molecular flexibility index (Phi) is 2.49. The fraction of sp³-hybridized carbons (Fsp3) is 1.00. The summed E-state index contributed by atoms with van der Waals surface area (Å²) in [4.78, 5) is 0. The van der Waals surface area contributed by atoms with Crippen LogP contribution in [-0.4, -0.2) is 40.4 Å². The molecule has 1 heterocycles. The first-order valence-corrected chi connectivity index (χ1v) is 3.73. The lowest BCUT2D eigenvalue weighted by molar-refractivity contribution is -0.272. The van der Waals surface area contributed by atoms with Gasteiger partial charge >= 0.3 is 0 Å². The summed E-state index contributed by atoms with van der Waals surface area (Å²) in [6, 6.07) is 0. The van der Waals surface area contributed by atoms with Crippen LogP contribution in [0.15, 0.2) is 0 Å². The second-order valence-corrected chi connectivity index (χ2v) is 3.16. The Balaban J connectivity index is 2.51. The van der Waals surface area contributed by atoms with E-state index in [2.05, 4.69) is 0 Å². The third-order valence-corrected chi connectivity index (χ3v) is 2.07. The number of hydrogen-bond donors (Lipinski definition) is 3. The Bertz CT molecular complexity index is 138. The molecule has 1 aliphatic heterocycles. The second kappa shape index (κ2) is 3.06. The van der Waals surface area contributed by atoms with Gasteiger partial charge in [-0.05, 0) is 5.92 Å². The third-order valence-electron chi connectivity index (χ3n) is 2.07. The van der Waals surface area contributed by atoms with Crippen molar-refractivity contribution in [1.82, 2.24) is 0 Å². The molecular weight excluding hydrogens is 148 g/mol. The number of aliphatic hydroxyl groups is 3. The number of aliphatic hydroxyl groups excluding tert-OH is 2. The van der Waals surface area contributed by atoms with Gasteiger partial charge in [0, 0.05) is 6.42 Å². The summed E-state index contributed by atoms with van der Waals surface area (Å²) in [7, 11) is 0. The molecule has 0 saturated carbocycles. The van der Waals surface area contributed by atoms with Gasteiger partial charge in [-0.25, -0.2) is 0 Å². The van der Waals surface area contributed by atoms with Gasteiger partial charge in [-0.3, -0.25) is 0 Å². The molecule has 0 aromatic carbocycles. The second-order valence-electron chi connectivity index (χ2n) is 3.16. The summed E-state index contributed by atoms with van der Waals surface area (Å²) in [5.41, 5.74) is 0. The lowest BCUT2D eigenvalue weighted by Crippen LogP contribution is -2.47.